The first kappa shape index (κ1) is 12.6. The summed E-state index contributed by atoms with van der Waals surface area (Å²) in [6.45, 7) is 0.922. The molecular formula is C17H19NS. The second kappa shape index (κ2) is 5.70. The highest BCUT2D eigenvalue weighted by Crippen LogP contribution is 2.41. The number of thioether (sulfide) groups is 1. The number of hydrogen-bond donors (Lipinski definition) is 1. The zero-order valence-corrected chi connectivity index (χ0v) is 12.0. The number of rotatable bonds is 5. The zero-order chi connectivity index (χ0) is 13.1. The minimum atomic E-state index is 0.817. The maximum atomic E-state index is 3.53. The van der Waals surface area contributed by atoms with Crippen LogP contribution in [0.1, 0.15) is 29.9 Å². The van der Waals surface area contributed by atoms with Crippen molar-refractivity contribution in [1.29, 1.82) is 0 Å². The van der Waals surface area contributed by atoms with Crippen LogP contribution < -0.4 is 5.32 Å². The summed E-state index contributed by atoms with van der Waals surface area (Å²) in [6.07, 6.45) is 4.83. The van der Waals surface area contributed by atoms with E-state index in [1.165, 1.54) is 34.6 Å². The standard InChI is InChI=1S/C17H19NS/c1-19-16-10-8-15(9-11-16)18-12-14-4-2-3-5-17(14)13-6-7-13/h2-5,8-11,13,18H,6-7,12H2,1H3. The molecule has 0 radical (unpaired) electrons. The fourth-order valence-electron chi connectivity index (χ4n) is 2.39. The first-order chi connectivity index (χ1) is 9.36. The lowest BCUT2D eigenvalue weighted by Gasteiger charge is -2.11. The third-order valence-electron chi connectivity index (χ3n) is 3.65. The van der Waals surface area contributed by atoms with Gasteiger partial charge in [0.15, 0.2) is 0 Å². The summed E-state index contributed by atoms with van der Waals surface area (Å²) in [5, 5.41) is 3.53. The first-order valence-electron chi connectivity index (χ1n) is 6.82. The SMILES string of the molecule is CSc1ccc(NCc2ccccc2C2CC2)cc1. The van der Waals surface area contributed by atoms with E-state index in [2.05, 4.69) is 60.1 Å². The van der Waals surface area contributed by atoms with Crippen LogP contribution in [-0.2, 0) is 6.54 Å². The van der Waals surface area contributed by atoms with Crippen molar-refractivity contribution in [2.45, 2.75) is 30.2 Å². The molecule has 3 rings (SSSR count). The summed E-state index contributed by atoms with van der Waals surface area (Å²) in [5.74, 6) is 0.817. The summed E-state index contributed by atoms with van der Waals surface area (Å²) in [6, 6.07) is 17.5. The van der Waals surface area contributed by atoms with E-state index in [0.717, 1.165) is 12.5 Å². The molecule has 2 aromatic rings. The quantitative estimate of drug-likeness (QED) is 0.775. The van der Waals surface area contributed by atoms with Gasteiger partial charge in [-0.05, 0) is 60.4 Å². The van der Waals surface area contributed by atoms with Crippen LogP contribution in [0.2, 0.25) is 0 Å². The monoisotopic (exact) mass is 269 g/mol. The smallest absolute Gasteiger partial charge is 0.0403 e. The third-order valence-corrected chi connectivity index (χ3v) is 4.39. The molecule has 0 unspecified atom stereocenters. The van der Waals surface area contributed by atoms with Crippen LogP contribution in [0.4, 0.5) is 5.69 Å². The Kier molecular flexibility index (Phi) is 3.79. The van der Waals surface area contributed by atoms with Gasteiger partial charge in [-0.15, -0.1) is 11.8 Å². The van der Waals surface area contributed by atoms with Gasteiger partial charge in [0.2, 0.25) is 0 Å². The summed E-state index contributed by atoms with van der Waals surface area (Å²) < 4.78 is 0. The lowest BCUT2D eigenvalue weighted by Crippen LogP contribution is -2.02. The molecule has 0 amide bonds. The largest absolute Gasteiger partial charge is 0.381 e. The molecule has 19 heavy (non-hydrogen) atoms. The molecule has 98 valence electrons. The predicted octanol–water partition coefficient (Wildman–Crippen LogP) is 4.90. The molecule has 2 heteroatoms. The molecule has 0 aliphatic heterocycles. The van der Waals surface area contributed by atoms with Crippen molar-refractivity contribution >= 4 is 17.4 Å². The van der Waals surface area contributed by atoms with Gasteiger partial charge in [-0.1, -0.05) is 24.3 Å². The molecule has 1 N–H and O–H groups in total. The second-order valence-corrected chi connectivity index (χ2v) is 5.93. The predicted molar refractivity (Wildman–Crippen MR) is 84.0 cm³/mol. The van der Waals surface area contributed by atoms with Crippen LogP contribution in [0.3, 0.4) is 0 Å². The summed E-state index contributed by atoms with van der Waals surface area (Å²) in [7, 11) is 0. The molecule has 0 saturated heterocycles. The highest BCUT2D eigenvalue weighted by Gasteiger charge is 2.25. The Labute approximate surface area is 119 Å². The molecule has 1 aliphatic carbocycles. The molecule has 0 heterocycles. The Morgan fingerprint density at radius 3 is 2.47 bits per heavy atom. The van der Waals surface area contributed by atoms with E-state index in [-0.39, 0.29) is 0 Å². The lowest BCUT2D eigenvalue weighted by atomic mass is 10.0. The van der Waals surface area contributed by atoms with E-state index in [9.17, 15) is 0 Å². The highest BCUT2D eigenvalue weighted by molar-refractivity contribution is 7.98. The summed E-state index contributed by atoms with van der Waals surface area (Å²) in [5.41, 5.74) is 4.18. The van der Waals surface area contributed by atoms with Crippen LogP contribution in [0.25, 0.3) is 0 Å². The Balaban J connectivity index is 1.68. The summed E-state index contributed by atoms with van der Waals surface area (Å²) in [4.78, 5) is 1.31. The van der Waals surface area contributed by atoms with Crippen molar-refractivity contribution < 1.29 is 0 Å². The van der Waals surface area contributed by atoms with Gasteiger partial charge in [-0.2, -0.15) is 0 Å². The topological polar surface area (TPSA) is 12.0 Å². The molecule has 0 bridgehead atoms. The maximum absolute atomic E-state index is 3.53. The fourth-order valence-corrected chi connectivity index (χ4v) is 2.80. The fraction of sp³-hybridized carbons (Fsp3) is 0.294. The Morgan fingerprint density at radius 1 is 1.05 bits per heavy atom. The molecule has 0 aromatic heterocycles. The first-order valence-corrected chi connectivity index (χ1v) is 8.05. The van der Waals surface area contributed by atoms with E-state index >= 15 is 0 Å². The molecular weight excluding hydrogens is 250 g/mol. The van der Waals surface area contributed by atoms with Crippen molar-refractivity contribution in [1.82, 2.24) is 0 Å². The molecule has 1 saturated carbocycles. The Hall–Kier alpha value is -1.41. The summed E-state index contributed by atoms with van der Waals surface area (Å²) >= 11 is 1.78. The normalized spacial score (nSPS) is 14.4. The van der Waals surface area contributed by atoms with E-state index < -0.39 is 0 Å². The molecule has 1 aliphatic rings. The van der Waals surface area contributed by atoms with Crippen LogP contribution in [0.5, 0.6) is 0 Å². The van der Waals surface area contributed by atoms with Gasteiger partial charge in [0.05, 0.1) is 0 Å². The Morgan fingerprint density at radius 2 is 1.79 bits per heavy atom. The second-order valence-electron chi connectivity index (χ2n) is 5.06. The molecule has 0 atom stereocenters. The van der Waals surface area contributed by atoms with Gasteiger partial charge in [0.1, 0.15) is 0 Å². The number of hydrogen-bond acceptors (Lipinski definition) is 2. The van der Waals surface area contributed by atoms with E-state index in [0.29, 0.717) is 0 Å². The average molecular weight is 269 g/mol. The maximum Gasteiger partial charge on any atom is 0.0403 e. The molecule has 0 spiro atoms. The molecule has 1 fully saturated rings. The number of nitrogens with one attached hydrogen (secondary N) is 1. The molecule has 2 aromatic carbocycles. The number of benzene rings is 2. The third kappa shape index (κ3) is 3.13. The highest BCUT2D eigenvalue weighted by atomic mass is 32.2. The Bertz CT molecular complexity index is 543. The minimum absolute atomic E-state index is 0.817. The zero-order valence-electron chi connectivity index (χ0n) is 11.2. The van der Waals surface area contributed by atoms with Crippen LogP contribution in [0, 0.1) is 0 Å². The molecule has 1 nitrogen and oxygen atoms in total. The van der Waals surface area contributed by atoms with Gasteiger partial charge in [0.25, 0.3) is 0 Å². The van der Waals surface area contributed by atoms with Crippen LogP contribution in [0.15, 0.2) is 53.4 Å². The van der Waals surface area contributed by atoms with Crippen molar-refractivity contribution in [3.63, 3.8) is 0 Å². The van der Waals surface area contributed by atoms with Crippen molar-refractivity contribution in [2.24, 2.45) is 0 Å². The van der Waals surface area contributed by atoms with E-state index in [1.54, 1.807) is 11.8 Å². The van der Waals surface area contributed by atoms with Crippen molar-refractivity contribution in [3.8, 4) is 0 Å². The average Bonchev–Trinajstić information content (AvgIpc) is 3.30. The van der Waals surface area contributed by atoms with Gasteiger partial charge >= 0.3 is 0 Å². The van der Waals surface area contributed by atoms with E-state index in [1.807, 2.05) is 0 Å². The minimum Gasteiger partial charge on any atom is -0.381 e. The van der Waals surface area contributed by atoms with Crippen LogP contribution in [-0.4, -0.2) is 6.26 Å². The van der Waals surface area contributed by atoms with Gasteiger partial charge < -0.3 is 5.32 Å². The van der Waals surface area contributed by atoms with Gasteiger partial charge in [-0.25, -0.2) is 0 Å². The van der Waals surface area contributed by atoms with Crippen LogP contribution >= 0.6 is 11.8 Å². The van der Waals surface area contributed by atoms with Gasteiger partial charge in [0, 0.05) is 17.1 Å². The van der Waals surface area contributed by atoms with E-state index in [4.69, 9.17) is 0 Å². The number of anilines is 1. The van der Waals surface area contributed by atoms with Gasteiger partial charge in [-0.3, -0.25) is 0 Å². The lowest BCUT2D eigenvalue weighted by molar-refractivity contribution is 1.03. The van der Waals surface area contributed by atoms with Crippen molar-refractivity contribution in [3.05, 3.63) is 59.7 Å². The van der Waals surface area contributed by atoms with Crippen molar-refractivity contribution in [2.75, 3.05) is 11.6 Å².